The van der Waals surface area contributed by atoms with Gasteiger partial charge in [0.15, 0.2) is 0 Å². The molecule has 2 rings (SSSR count). The Morgan fingerprint density at radius 3 is 2.70 bits per heavy atom. The van der Waals surface area contributed by atoms with Crippen molar-refractivity contribution in [2.75, 3.05) is 18.8 Å². The lowest BCUT2D eigenvalue weighted by atomic mass is 9.99. The Morgan fingerprint density at radius 1 is 1.40 bits per heavy atom. The number of nitrogens with zero attached hydrogens (tertiary/aromatic N) is 1. The summed E-state index contributed by atoms with van der Waals surface area (Å²) in [5.74, 6) is -1.78. The number of halogens is 1. The zero-order valence-electron chi connectivity index (χ0n) is 11.1. The van der Waals surface area contributed by atoms with Gasteiger partial charge in [0.25, 0.3) is 0 Å². The van der Waals surface area contributed by atoms with Gasteiger partial charge >= 0.3 is 5.97 Å². The number of benzene rings is 1. The normalized spacial score (nSPS) is 22.0. The Bertz CT molecular complexity index is 523. The van der Waals surface area contributed by atoms with Crippen LogP contribution in [0.2, 0.25) is 0 Å². The van der Waals surface area contributed by atoms with E-state index in [4.69, 9.17) is 5.11 Å². The molecule has 1 fully saturated rings. The van der Waals surface area contributed by atoms with Crippen molar-refractivity contribution in [2.45, 2.75) is 11.8 Å². The Balaban J connectivity index is 1.90. The lowest BCUT2D eigenvalue weighted by molar-refractivity contribution is -0.142. The van der Waals surface area contributed by atoms with Crippen LogP contribution in [0.4, 0.5) is 4.39 Å². The van der Waals surface area contributed by atoms with Gasteiger partial charge in [0.05, 0.1) is 11.7 Å². The van der Waals surface area contributed by atoms with Gasteiger partial charge in [-0.25, -0.2) is 4.39 Å². The fourth-order valence-electron chi connectivity index (χ4n) is 2.28. The second-order valence-electron chi connectivity index (χ2n) is 4.94. The number of thioether (sulfide) groups is 1. The molecule has 1 aliphatic heterocycles. The van der Waals surface area contributed by atoms with E-state index < -0.39 is 11.9 Å². The Labute approximate surface area is 121 Å². The van der Waals surface area contributed by atoms with Gasteiger partial charge in [-0.3, -0.25) is 9.59 Å². The molecule has 4 nitrogen and oxygen atoms in total. The standard InChI is InChI=1S/C14H16FNO3S/c1-9-6-16(7-10(9)14(18)19)13(17)8-20-12-5-3-2-4-11(12)15/h2-5,9-10H,6-8H2,1H3,(H,18,19)/t9-,10-/m1/s1. The lowest BCUT2D eigenvalue weighted by Crippen LogP contribution is -2.31. The molecule has 0 saturated carbocycles. The van der Waals surface area contributed by atoms with E-state index in [2.05, 4.69) is 0 Å². The third-order valence-electron chi connectivity index (χ3n) is 3.47. The van der Waals surface area contributed by atoms with Crippen LogP contribution >= 0.6 is 11.8 Å². The molecule has 1 heterocycles. The molecule has 0 aromatic heterocycles. The third-order valence-corrected chi connectivity index (χ3v) is 4.50. The Hall–Kier alpha value is -1.56. The summed E-state index contributed by atoms with van der Waals surface area (Å²) in [6.07, 6.45) is 0. The summed E-state index contributed by atoms with van der Waals surface area (Å²) in [5, 5.41) is 9.03. The molecule has 0 radical (unpaired) electrons. The topological polar surface area (TPSA) is 57.6 Å². The highest BCUT2D eigenvalue weighted by atomic mass is 32.2. The molecule has 1 saturated heterocycles. The predicted octanol–water partition coefficient (Wildman–Crippen LogP) is 2.10. The largest absolute Gasteiger partial charge is 0.481 e. The Morgan fingerprint density at radius 2 is 2.10 bits per heavy atom. The number of hydrogen-bond acceptors (Lipinski definition) is 3. The molecule has 1 aromatic rings. The minimum absolute atomic E-state index is 0.0464. The minimum Gasteiger partial charge on any atom is -0.481 e. The van der Waals surface area contributed by atoms with Gasteiger partial charge in [0.2, 0.25) is 5.91 Å². The number of carbonyl (C=O) groups is 2. The van der Waals surface area contributed by atoms with Crippen molar-refractivity contribution in [1.29, 1.82) is 0 Å². The zero-order valence-corrected chi connectivity index (χ0v) is 11.9. The van der Waals surface area contributed by atoms with E-state index in [1.807, 2.05) is 6.92 Å². The second kappa shape index (κ2) is 6.26. The van der Waals surface area contributed by atoms with Crippen molar-refractivity contribution in [3.63, 3.8) is 0 Å². The van der Waals surface area contributed by atoms with Crippen LogP contribution in [0.3, 0.4) is 0 Å². The quantitative estimate of drug-likeness (QED) is 0.865. The molecule has 0 bridgehead atoms. The SMILES string of the molecule is C[C@@H]1CN(C(=O)CSc2ccccc2F)C[C@H]1C(=O)O. The molecular weight excluding hydrogens is 281 g/mol. The fourth-order valence-corrected chi connectivity index (χ4v) is 3.13. The van der Waals surface area contributed by atoms with E-state index in [1.165, 1.54) is 6.07 Å². The predicted molar refractivity (Wildman–Crippen MR) is 74.0 cm³/mol. The second-order valence-corrected chi connectivity index (χ2v) is 5.96. The third kappa shape index (κ3) is 3.30. The molecule has 0 aliphatic carbocycles. The molecule has 2 atom stereocenters. The summed E-state index contributed by atoms with van der Waals surface area (Å²) in [6.45, 7) is 2.52. The number of rotatable bonds is 4. The molecular formula is C14H16FNO3S. The summed E-state index contributed by atoms with van der Waals surface area (Å²) in [6, 6.07) is 6.29. The maximum absolute atomic E-state index is 13.4. The highest BCUT2D eigenvalue weighted by molar-refractivity contribution is 8.00. The first kappa shape index (κ1) is 14.8. The minimum atomic E-state index is -0.866. The van der Waals surface area contributed by atoms with Crippen molar-refractivity contribution in [3.05, 3.63) is 30.1 Å². The fraction of sp³-hybridized carbons (Fsp3) is 0.429. The average molecular weight is 297 g/mol. The van der Waals surface area contributed by atoms with Crippen LogP contribution in [0.1, 0.15) is 6.92 Å². The van der Waals surface area contributed by atoms with Crippen molar-refractivity contribution < 1.29 is 19.1 Å². The smallest absolute Gasteiger partial charge is 0.308 e. The number of carbonyl (C=O) groups excluding carboxylic acids is 1. The molecule has 1 aliphatic rings. The average Bonchev–Trinajstić information content (AvgIpc) is 2.80. The molecule has 1 aromatic carbocycles. The van der Waals surface area contributed by atoms with E-state index in [0.29, 0.717) is 11.4 Å². The van der Waals surface area contributed by atoms with Crippen molar-refractivity contribution in [3.8, 4) is 0 Å². The van der Waals surface area contributed by atoms with E-state index in [9.17, 15) is 14.0 Å². The maximum Gasteiger partial charge on any atom is 0.308 e. The first-order chi connectivity index (χ1) is 9.49. The maximum atomic E-state index is 13.4. The van der Waals surface area contributed by atoms with E-state index in [1.54, 1.807) is 23.1 Å². The van der Waals surface area contributed by atoms with Crippen LogP contribution in [0, 0.1) is 17.7 Å². The molecule has 108 valence electrons. The summed E-state index contributed by atoms with van der Waals surface area (Å²) >= 11 is 1.14. The summed E-state index contributed by atoms with van der Waals surface area (Å²) in [7, 11) is 0. The molecule has 1 N–H and O–H groups in total. The zero-order chi connectivity index (χ0) is 14.7. The van der Waals surface area contributed by atoms with Crippen molar-refractivity contribution in [1.82, 2.24) is 4.90 Å². The first-order valence-electron chi connectivity index (χ1n) is 6.37. The summed E-state index contributed by atoms with van der Waals surface area (Å²) < 4.78 is 13.4. The van der Waals surface area contributed by atoms with Crippen LogP contribution in [-0.4, -0.2) is 40.7 Å². The molecule has 6 heteroatoms. The van der Waals surface area contributed by atoms with Crippen molar-refractivity contribution in [2.24, 2.45) is 11.8 Å². The van der Waals surface area contributed by atoms with E-state index >= 15 is 0 Å². The summed E-state index contributed by atoms with van der Waals surface area (Å²) in [5.41, 5.74) is 0. The number of amides is 1. The van der Waals surface area contributed by atoms with Crippen LogP contribution in [0.5, 0.6) is 0 Å². The van der Waals surface area contributed by atoms with E-state index in [0.717, 1.165) is 11.8 Å². The monoisotopic (exact) mass is 297 g/mol. The Kier molecular flexibility index (Phi) is 4.65. The van der Waals surface area contributed by atoms with Gasteiger partial charge in [-0.15, -0.1) is 11.8 Å². The van der Waals surface area contributed by atoms with Crippen LogP contribution < -0.4 is 0 Å². The van der Waals surface area contributed by atoms with Gasteiger partial charge in [-0.05, 0) is 18.1 Å². The van der Waals surface area contributed by atoms with E-state index in [-0.39, 0.29) is 29.9 Å². The number of aliphatic carboxylic acids is 1. The van der Waals surface area contributed by atoms with Crippen LogP contribution in [0.15, 0.2) is 29.2 Å². The van der Waals surface area contributed by atoms with Gasteiger partial charge in [-0.2, -0.15) is 0 Å². The highest BCUT2D eigenvalue weighted by Crippen LogP contribution is 2.26. The van der Waals surface area contributed by atoms with Gasteiger partial charge < -0.3 is 10.0 Å². The number of likely N-dealkylation sites (tertiary alicyclic amines) is 1. The number of carboxylic acids is 1. The first-order valence-corrected chi connectivity index (χ1v) is 7.35. The lowest BCUT2D eigenvalue weighted by Gasteiger charge is -2.15. The van der Waals surface area contributed by atoms with Gasteiger partial charge in [0, 0.05) is 18.0 Å². The molecule has 20 heavy (non-hydrogen) atoms. The molecule has 0 spiro atoms. The highest BCUT2D eigenvalue weighted by Gasteiger charge is 2.36. The summed E-state index contributed by atoms with van der Waals surface area (Å²) in [4.78, 5) is 25.0. The number of hydrogen-bond donors (Lipinski definition) is 1. The van der Waals surface area contributed by atoms with Gasteiger partial charge in [-0.1, -0.05) is 19.1 Å². The molecule has 0 unspecified atom stereocenters. The molecule has 1 amide bonds. The van der Waals surface area contributed by atoms with Crippen LogP contribution in [-0.2, 0) is 9.59 Å². The van der Waals surface area contributed by atoms with Gasteiger partial charge in [0.1, 0.15) is 5.82 Å². The number of carboxylic acid groups (broad SMARTS) is 1. The van der Waals surface area contributed by atoms with Crippen molar-refractivity contribution >= 4 is 23.6 Å². The van der Waals surface area contributed by atoms with Crippen LogP contribution in [0.25, 0.3) is 0 Å².